The molecule has 1 amide bonds. The van der Waals surface area contributed by atoms with Crippen molar-refractivity contribution in [2.45, 2.75) is 24.9 Å². The van der Waals surface area contributed by atoms with Crippen LogP contribution in [0.1, 0.15) is 24.4 Å². The van der Waals surface area contributed by atoms with E-state index >= 15 is 0 Å². The zero-order valence-corrected chi connectivity index (χ0v) is 11.9. The van der Waals surface area contributed by atoms with Crippen LogP contribution in [-0.2, 0) is 4.79 Å². The molecular formula is C14H20ClN3O. The minimum atomic E-state index is -0.102. The molecule has 1 saturated heterocycles. The first kappa shape index (κ1) is 14.3. The summed E-state index contributed by atoms with van der Waals surface area (Å²) >= 11 is 6.25. The molecule has 2 atom stereocenters. The molecule has 0 radical (unpaired) electrons. The van der Waals surface area contributed by atoms with E-state index in [0.29, 0.717) is 11.6 Å². The van der Waals surface area contributed by atoms with Crippen LogP contribution in [0.2, 0.25) is 5.02 Å². The van der Waals surface area contributed by atoms with Crippen molar-refractivity contribution in [3.8, 4) is 0 Å². The third-order valence-electron chi connectivity index (χ3n) is 3.73. The maximum absolute atomic E-state index is 11.9. The maximum Gasteiger partial charge on any atom is 0.237 e. The Morgan fingerprint density at radius 2 is 2.32 bits per heavy atom. The maximum atomic E-state index is 11.9. The van der Waals surface area contributed by atoms with Crippen LogP contribution >= 0.6 is 11.6 Å². The van der Waals surface area contributed by atoms with E-state index in [1.54, 1.807) is 7.05 Å². The largest absolute Gasteiger partial charge is 0.358 e. The van der Waals surface area contributed by atoms with Crippen LogP contribution in [0.5, 0.6) is 0 Å². The van der Waals surface area contributed by atoms with Crippen LogP contribution in [0, 0.1) is 0 Å². The smallest absolute Gasteiger partial charge is 0.237 e. The molecule has 5 heteroatoms. The zero-order valence-electron chi connectivity index (χ0n) is 11.1. The fourth-order valence-corrected chi connectivity index (χ4v) is 3.06. The second-order valence-corrected chi connectivity index (χ2v) is 5.19. The minimum Gasteiger partial charge on any atom is -0.358 e. The Hall–Kier alpha value is -1.10. The Balaban J connectivity index is 2.27. The number of amides is 1. The first-order valence-corrected chi connectivity index (χ1v) is 6.98. The summed E-state index contributed by atoms with van der Waals surface area (Å²) in [6.45, 7) is 1.34. The van der Waals surface area contributed by atoms with Gasteiger partial charge < -0.3 is 11.1 Å². The van der Waals surface area contributed by atoms with Crippen molar-refractivity contribution in [3.05, 3.63) is 34.9 Å². The van der Waals surface area contributed by atoms with Crippen LogP contribution in [0.25, 0.3) is 0 Å². The molecule has 1 aromatic carbocycles. The van der Waals surface area contributed by atoms with Crippen LogP contribution < -0.4 is 11.1 Å². The molecule has 104 valence electrons. The van der Waals surface area contributed by atoms with Gasteiger partial charge >= 0.3 is 0 Å². The monoisotopic (exact) mass is 281 g/mol. The average molecular weight is 282 g/mol. The second kappa shape index (κ2) is 6.37. The summed E-state index contributed by atoms with van der Waals surface area (Å²) in [6.07, 6.45) is 1.89. The Bertz CT molecular complexity index is 452. The molecule has 0 spiro atoms. The van der Waals surface area contributed by atoms with E-state index in [-0.39, 0.29) is 18.0 Å². The third-order valence-corrected chi connectivity index (χ3v) is 4.08. The molecule has 0 aromatic heterocycles. The van der Waals surface area contributed by atoms with E-state index < -0.39 is 0 Å². The summed E-state index contributed by atoms with van der Waals surface area (Å²) < 4.78 is 0. The van der Waals surface area contributed by atoms with Crippen LogP contribution in [0.15, 0.2) is 24.3 Å². The van der Waals surface area contributed by atoms with Crippen molar-refractivity contribution in [3.63, 3.8) is 0 Å². The van der Waals surface area contributed by atoms with Crippen LogP contribution in [0.3, 0.4) is 0 Å². The number of rotatable bonds is 4. The topological polar surface area (TPSA) is 58.4 Å². The van der Waals surface area contributed by atoms with Gasteiger partial charge in [-0.25, -0.2) is 0 Å². The molecule has 1 aliphatic rings. The summed E-state index contributed by atoms with van der Waals surface area (Å²) in [6, 6.07) is 7.60. The summed E-state index contributed by atoms with van der Waals surface area (Å²) in [5.41, 5.74) is 6.93. The van der Waals surface area contributed by atoms with Gasteiger partial charge in [-0.05, 0) is 31.0 Å². The predicted molar refractivity (Wildman–Crippen MR) is 77.0 cm³/mol. The highest BCUT2D eigenvalue weighted by atomic mass is 35.5. The number of halogens is 1. The second-order valence-electron chi connectivity index (χ2n) is 4.78. The first-order valence-electron chi connectivity index (χ1n) is 6.61. The lowest BCUT2D eigenvalue weighted by Crippen LogP contribution is -2.45. The fourth-order valence-electron chi connectivity index (χ4n) is 2.80. The van der Waals surface area contributed by atoms with Crippen LogP contribution in [0.4, 0.5) is 0 Å². The normalized spacial score (nSPS) is 21.3. The van der Waals surface area contributed by atoms with Crippen molar-refractivity contribution in [2.24, 2.45) is 5.73 Å². The van der Waals surface area contributed by atoms with Gasteiger partial charge in [-0.3, -0.25) is 9.69 Å². The molecule has 1 aliphatic heterocycles. The predicted octanol–water partition coefficient (Wildman–Crippen LogP) is 1.55. The average Bonchev–Trinajstić information content (AvgIpc) is 2.90. The Kier molecular flexibility index (Phi) is 4.80. The minimum absolute atomic E-state index is 0.00139. The molecule has 2 unspecified atom stereocenters. The Labute approximate surface area is 118 Å². The Morgan fingerprint density at radius 3 is 2.95 bits per heavy atom. The van der Waals surface area contributed by atoms with Crippen molar-refractivity contribution >= 4 is 17.5 Å². The van der Waals surface area contributed by atoms with Gasteiger partial charge in [0, 0.05) is 24.7 Å². The first-order chi connectivity index (χ1) is 9.19. The van der Waals surface area contributed by atoms with E-state index in [1.165, 1.54) is 0 Å². The van der Waals surface area contributed by atoms with Gasteiger partial charge in [0.1, 0.15) is 0 Å². The van der Waals surface area contributed by atoms with Gasteiger partial charge in [0.25, 0.3) is 0 Å². The molecule has 3 N–H and O–H groups in total. The van der Waals surface area contributed by atoms with Crippen molar-refractivity contribution in [2.75, 3.05) is 20.1 Å². The number of nitrogens with zero attached hydrogens (tertiary/aromatic N) is 1. The van der Waals surface area contributed by atoms with E-state index in [0.717, 1.165) is 24.9 Å². The molecule has 0 bridgehead atoms. The molecule has 1 aromatic rings. The SMILES string of the molecule is CNC(=O)C1CCCN1C(CN)c1ccccc1Cl. The van der Waals surface area contributed by atoms with Gasteiger partial charge in [-0.1, -0.05) is 29.8 Å². The zero-order chi connectivity index (χ0) is 13.8. The van der Waals surface area contributed by atoms with Gasteiger partial charge in [0.15, 0.2) is 0 Å². The molecule has 0 saturated carbocycles. The van der Waals surface area contributed by atoms with Crippen molar-refractivity contribution < 1.29 is 4.79 Å². The number of likely N-dealkylation sites (tertiary alicyclic amines) is 1. The highest BCUT2D eigenvalue weighted by Crippen LogP contribution is 2.32. The van der Waals surface area contributed by atoms with E-state index in [4.69, 9.17) is 17.3 Å². The Morgan fingerprint density at radius 1 is 1.58 bits per heavy atom. The molecule has 1 fully saturated rings. The standard InChI is InChI=1S/C14H20ClN3O/c1-17-14(19)12-7-4-8-18(12)13(9-16)10-5-2-3-6-11(10)15/h2-3,5-6,12-13H,4,7-9,16H2,1H3,(H,17,19). The van der Waals surface area contributed by atoms with Gasteiger partial charge in [-0.2, -0.15) is 0 Å². The van der Waals surface area contributed by atoms with Crippen molar-refractivity contribution in [1.82, 2.24) is 10.2 Å². The molecule has 19 heavy (non-hydrogen) atoms. The van der Waals surface area contributed by atoms with Crippen LogP contribution in [-0.4, -0.2) is 37.0 Å². The van der Waals surface area contributed by atoms with E-state index in [9.17, 15) is 4.79 Å². The number of nitrogens with one attached hydrogen (secondary N) is 1. The highest BCUT2D eigenvalue weighted by molar-refractivity contribution is 6.31. The lowest BCUT2D eigenvalue weighted by molar-refractivity contribution is -0.125. The summed E-state index contributed by atoms with van der Waals surface area (Å²) in [4.78, 5) is 14.1. The van der Waals surface area contributed by atoms with Gasteiger partial charge in [0.2, 0.25) is 5.91 Å². The summed E-state index contributed by atoms with van der Waals surface area (Å²) in [5.74, 6) is 0.0583. The third kappa shape index (κ3) is 2.91. The van der Waals surface area contributed by atoms with E-state index in [2.05, 4.69) is 10.2 Å². The number of likely N-dealkylation sites (N-methyl/N-ethyl adjacent to an activating group) is 1. The quantitative estimate of drug-likeness (QED) is 0.880. The van der Waals surface area contributed by atoms with E-state index in [1.807, 2.05) is 24.3 Å². The molecule has 2 rings (SSSR count). The number of carbonyl (C=O) groups excluding carboxylic acids is 1. The number of hydrogen-bond donors (Lipinski definition) is 2. The summed E-state index contributed by atoms with van der Waals surface area (Å²) in [7, 11) is 1.67. The van der Waals surface area contributed by atoms with Gasteiger partial charge in [-0.15, -0.1) is 0 Å². The molecule has 4 nitrogen and oxygen atoms in total. The number of carbonyl (C=O) groups is 1. The summed E-state index contributed by atoms with van der Waals surface area (Å²) in [5, 5.41) is 3.44. The highest BCUT2D eigenvalue weighted by Gasteiger charge is 2.35. The number of nitrogens with two attached hydrogens (primary N) is 1. The molecule has 0 aliphatic carbocycles. The lowest BCUT2D eigenvalue weighted by Gasteiger charge is -2.32. The number of hydrogen-bond acceptors (Lipinski definition) is 3. The lowest BCUT2D eigenvalue weighted by atomic mass is 10.0. The fraction of sp³-hybridized carbons (Fsp3) is 0.500. The van der Waals surface area contributed by atoms with Gasteiger partial charge in [0.05, 0.1) is 6.04 Å². The number of benzene rings is 1. The van der Waals surface area contributed by atoms with Crippen molar-refractivity contribution in [1.29, 1.82) is 0 Å². The molecule has 1 heterocycles. The molecular weight excluding hydrogens is 262 g/mol.